The van der Waals surface area contributed by atoms with E-state index < -0.39 is 4.92 Å². The molecule has 0 aliphatic heterocycles. The van der Waals surface area contributed by atoms with E-state index in [2.05, 4.69) is 10.5 Å². The van der Waals surface area contributed by atoms with Crippen LogP contribution in [-0.4, -0.2) is 23.7 Å². The highest BCUT2D eigenvalue weighted by Gasteiger charge is 2.09. The average Bonchev–Trinajstić information content (AvgIpc) is 2.80. The molecule has 3 aromatic rings. The lowest BCUT2D eigenvalue weighted by Gasteiger charge is -2.12. The number of non-ortho nitro benzene ring substituents is 1. The summed E-state index contributed by atoms with van der Waals surface area (Å²) >= 11 is 0. The molecule has 0 radical (unpaired) electrons. The van der Waals surface area contributed by atoms with E-state index in [1.807, 2.05) is 38.1 Å². The first-order valence-electron chi connectivity index (χ1n) is 10.4. The fraction of sp³-hybridized carbons (Fsp3) is 0.200. The number of nitrogens with zero attached hydrogens (tertiary/aromatic N) is 2. The summed E-state index contributed by atoms with van der Waals surface area (Å²) in [5.74, 6) is 0.869. The van der Waals surface area contributed by atoms with Gasteiger partial charge in [-0.15, -0.1) is 0 Å². The van der Waals surface area contributed by atoms with E-state index in [1.54, 1.807) is 30.3 Å². The van der Waals surface area contributed by atoms with Crippen LogP contribution in [-0.2, 0) is 17.8 Å². The van der Waals surface area contributed by atoms with Gasteiger partial charge in [-0.2, -0.15) is 5.10 Å². The highest BCUT2D eigenvalue weighted by atomic mass is 16.6. The van der Waals surface area contributed by atoms with Crippen molar-refractivity contribution in [2.45, 2.75) is 26.9 Å². The molecule has 0 aliphatic rings. The van der Waals surface area contributed by atoms with Crippen molar-refractivity contribution in [3.8, 4) is 11.5 Å². The summed E-state index contributed by atoms with van der Waals surface area (Å²) in [6, 6.07) is 19.3. The number of benzene rings is 3. The van der Waals surface area contributed by atoms with Gasteiger partial charge in [0.15, 0.2) is 11.5 Å². The zero-order chi connectivity index (χ0) is 23.6. The van der Waals surface area contributed by atoms with Crippen LogP contribution in [0.4, 0.5) is 5.69 Å². The predicted molar refractivity (Wildman–Crippen MR) is 126 cm³/mol. The molecule has 0 fully saturated rings. The van der Waals surface area contributed by atoms with Gasteiger partial charge in [-0.3, -0.25) is 14.9 Å². The lowest BCUT2D eigenvalue weighted by Crippen LogP contribution is -2.19. The largest absolute Gasteiger partial charge is 0.490 e. The summed E-state index contributed by atoms with van der Waals surface area (Å²) in [7, 11) is 0. The van der Waals surface area contributed by atoms with Gasteiger partial charge >= 0.3 is 0 Å². The second-order valence-corrected chi connectivity index (χ2v) is 7.31. The second-order valence-electron chi connectivity index (χ2n) is 7.31. The number of hydrogen-bond donors (Lipinski definition) is 1. The van der Waals surface area contributed by atoms with Gasteiger partial charge in [-0.25, -0.2) is 5.43 Å². The standard InChI is InChI=1S/C25H25N3O5/c1-3-32-24-14-21(16-26-27-25(29)15-19-6-4-18(2)5-7-19)10-13-23(24)33-17-20-8-11-22(12-9-20)28(30)31/h4-14,16H,3,15,17H2,1-2H3,(H,27,29)/b26-16+. The number of nitrogens with one attached hydrogen (secondary N) is 1. The zero-order valence-corrected chi connectivity index (χ0v) is 18.5. The van der Waals surface area contributed by atoms with Crippen LogP contribution in [0.3, 0.4) is 0 Å². The van der Waals surface area contributed by atoms with Crippen LogP contribution >= 0.6 is 0 Å². The van der Waals surface area contributed by atoms with Gasteiger partial charge in [0.1, 0.15) is 6.61 Å². The minimum absolute atomic E-state index is 0.0309. The van der Waals surface area contributed by atoms with Gasteiger partial charge in [0.25, 0.3) is 5.69 Å². The molecular formula is C25H25N3O5. The molecule has 33 heavy (non-hydrogen) atoms. The summed E-state index contributed by atoms with van der Waals surface area (Å²) in [5, 5.41) is 14.8. The number of hydrogen-bond acceptors (Lipinski definition) is 6. The number of nitro benzene ring substituents is 1. The molecule has 0 spiro atoms. The van der Waals surface area contributed by atoms with Gasteiger partial charge in [0.2, 0.25) is 5.91 Å². The summed E-state index contributed by atoms with van der Waals surface area (Å²) in [4.78, 5) is 22.4. The molecule has 0 saturated carbocycles. The van der Waals surface area contributed by atoms with Gasteiger partial charge in [0.05, 0.1) is 24.2 Å². The van der Waals surface area contributed by atoms with Gasteiger partial charge in [-0.1, -0.05) is 29.8 Å². The van der Waals surface area contributed by atoms with Crippen molar-refractivity contribution in [3.05, 3.63) is 99.1 Å². The summed E-state index contributed by atoms with van der Waals surface area (Å²) < 4.78 is 11.5. The first kappa shape index (κ1) is 23.5. The molecular weight excluding hydrogens is 422 g/mol. The Balaban J connectivity index is 1.59. The lowest BCUT2D eigenvalue weighted by atomic mass is 10.1. The van der Waals surface area contributed by atoms with Crippen LogP contribution in [0.5, 0.6) is 11.5 Å². The summed E-state index contributed by atoms with van der Waals surface area (Å²) in [6.07, 6.45) is 1.78. The Morgan fingerprint density at radius 3 is 2.36 bits per heavy atom. The first-order valence-corrected chi connectivity index (χ1v) is 10.4. The third-order valence-electron chi connectivity index (χ3n) is 4.70. The van der Waals surface area contributed by atoms with Crippen LogP contribution in [0.15, 0.2) is 71.8 Å². The molecule has 1 amide bonds. The van der Waals surface area contributed by atoms with Gasteiger partial charge in [0, 0.05) is 12.1 Å². The predicted octanol–water partition coefficient (Wildman–Crippen LogP) is 4.57. The van der Waals surface area contributed by atoms with Crippen molar-refractivity contribution in [1.29, 1.82) is 0 Å². The van der Waals surface area contributed by atoms with E-state index in [4.69, 9.17) is 9.47 Å². The maximum absolute atomic E-state index is 12.1. The molecule has 8 nitrogen and oxygen atoms in total. The zero-order valence-electron chi connectivity index (χ0n) is 18.5. The molecule has 0 aliphatic carbocycles. The molecule has 1 N–H and O–H groups in total. The molecule has 0 bridgehead atoms. The highest BCUT2D eigenvalue weighted by molar-refractivity contribution is 5.84. The Bertz CT molecular complexity index is 1130. The second kappa shape index (κ2) is 11.4. The third-order valence-corrected chi connectivity index (χ3v) is 4.70. The molecule has 8 heteroatoms. The SMILES string of the molecule is CCOc1cc(/C=N/NC(=O)Cc2ccc(C)cc2)ccc1OCc1ccc([N+](=O)[O-])cc1. The fourth-order valence-corrected chi connectivity index (χ4v) is 2.98. The molecule has 3 aromatic carbocycles. The Morgan fingerprint density at radius 1 is 1.00 bits per heavy atom. The van der Waals surface area contributed by atoms with E-state index in [0.717, 1.165) is 22.3 Å². The molecule has 0 saturated heterocycles. The highest BCUT2D eigenvalue weighted by Crippen LogP contribution is 2.29. The third kappa shape index (κ3) is 7.17. The van der Waals surface area contributed by atoms with Gasteiger partial charge < -0.3 is 9.47 Å². The number of nitro groups is 1. The van der Waals surface area contributed by atoms with Gasteiger partial charge in [-0.05, 0) is 60.9 Å². The minimum atomic E-state index is -0.441. The Morgan fingerprint density at radius 2 is 1.70 bits per heavy atom. The van der Waals surface area contributed by atoms with E-state index in [1.165, 1.54) is 18.3 Å². The van der Waals surface area contributed by atoms with Crippen LogP contribution in [0.25, 0.3) is 0 Å². The monoisotopic (exact) mass is 447 g/mol. The number of carbonyl (C=O) groups excluding carboxylic acids is 1. The number of ether oxygens (including phenoxy) is 2. The van der Waals surface area contributed by atoms with E-state index in [0.29, 0.717) is 18.1 Å². The van der Waals surface area contributed by atoms with E-state index >= 15 is 0 Å². The maximum Gasteiger partial charge on any atom is 0.269 e. The van der Waals surface area contributed by atoms with Crippen LogP contribution in [0.1, 0.15) is 29.2 Å². The van der Waals surface area contributed by atoms with Crippen molar-refractivity contribution in [1.82, 2.24) is 5.43 Å². The van der Waals surface area contributed by atoms with Crippen molar-refractivity contribution in [2.24, 2.45) is 5.10 Å². The maximum atomic E-state index is 12.1. The van der Waals surface area contributed by atoms with Crippen LogP contribution in [0.2, 0.25) is 0 Å². The molecule has 170 valence electrons. The lowest BCUT2D eigenvalue weighted by molar-refractivity contribution is -0.384. The molecule has 0 unspecified atom stereocenters. The quantitative estimate of drug-likeness (QED) is 0.278. The van der Waals surface area contributed by atoms with Crippen molar-refractivity contribution < 1.29 is 19.2 Å². The topological polar surface area (TPSA) is 103 Å². The Hall–Kier alpha value is -4.20. The van der Waals surface area contributed by atoms with Crippen LogP contribution in [0, 0.1) is 17.0 Å². The molecule has 0 aromatic heterocycles. The Kier molecular flexibility index (Phi) is 8.13. The average molecular weight is 447 g/mol. The molecule has 0 heterocycles. The van der Waals surface area contributed by atoms with Crippen molar-refractivity contribution in [3.63, 3.8) is 0 Å². The molecule has 3 rings (SSSR count). The minimum Gasteiger partial charge on any atom is -0.490 e. The van der Waals surface area contributed by atoms with Crippen molar-refractivity contribution in [2.75, 3.05) is 6.61 Å². The smallest absolute Gasteiger partial charge is 0.269 e. The first-order chi connectivity index (χ1) is 15.9. The summed E-state index contributed by atoms with van der Waals surface area (Å²) in [5.41, 5.74) is 6.15. The number of hydrazone groups is 1. The fourth-order valence-electron chi connectivity index (χ4n) is 2.98. The number of aryl methyl sites for hydroxylation is 1. The normalized spacial score (nSPS) is 10.7. The Labute approximate surface area is 192 Å². The summed E-state index contributed by atoms with van der Waals surface area (Å²) in [6.45, 7) is 4.55. The number of amides is 1. The number of carbonyl (C=O) groups is 1. The molecule has 0 atom stereocenters. The van der Waals surface area contributed by atoms with E-state index in [9.17, 15) is 14.9 Å². The number of rotatable bonds is 10. The van der Waals surface area contributed by atoms with Crippen molar-refractivity contribution >= 4 is 17.8 Å². The van der Waals surface area contributed by atoms with Crippen LogP contribution < -0.4 is 14.9 Å². The van der Waals surface area contributed by atoms with E-state index in [-0.39, 0.29) is 24.6 Å².